The van der Waals surface area contributed by atoms with Gasteiger partial charge in [0.05, 0.1) is 12.1 Å². The van der Waals surface area contributed by atoms with Gasteiger partial charge in [-0.2, -0.15) is 13.2 Å². The van der Waals surface area contributed by atoms with Gasteiger partial charge in [-0.15, -0.1) is 0 Å². The van der Waals surface area contributed by atoms with Crippen LogP contribution in [-0.4, -0.2) is 60.0 Å². The van der Waals surface area contributed by atoms with Gasteiger partial charge < -0.3 is 9.64 Å². The molecule has 0 aliphatic carbocycles. The number of hydrogen-bond donors (Lipinski definition) is 0. The Morgan fingerprint density at radius 3 is 2.00 bits per heavy atom. The third-order valence-electron chi connectivity index (χ3n) is 3.89. The fourth-order valence-corrected chi connectivity index (χ4v) is 2.65. The minimum absolute atomic E-state index is 0.152. The van der Waals surface area contributed by atoms with Crippen molar-refractivity contribution in [3.8, 4) is 0 Å². The van der Waals surface area contributed by atoms with Gasteiger partial charge in [-0.1, -0.05) is 0 Å². The van der Waals surface area contributed by atoms with Gasteiger partial charge >= 0.3 is 12.1 Å². The largest absolute Gasteiger partial charge is 0.459 e. The second kappa shape index (κ2) is 7.65. The van der Waals surface area contributed by atoms with Gasteiger partial charge in [0, 0.05) is 31.7 Å². The topological polar surface area (TPSA) is 49.9 Å². The van der Waals surface area contributed by atoms with E-state index in [0.717, 1.165) is 12.1 Å². The number of halogens is 3. The Morgan fingerprint density at radius 2 is 1.54 bits per heavy atom. The first-order valence-electron chi connectivity index (χ1n) is 8.36. The first-order chi connectivity index (χ1) is 12.0. The lowest BCUT2D eigenvalue weighted by atomic mass is 10.1. The lowest BCUT2D eigenvalue weighted by Crippen LogP contribution is -2.50. The molecule has 0 aromatic heterocycles. The number of esters is 1. The molecule has 5 nitrogen and oxygen atoms in total. The van der Waals surface area contributed by atoms with Crippen LogP contribution in [0.3, 0.4) is 0 Å². The van der Waals surface area contributed by atoms with Crippen LogP contribution >= 0.6 is 0 Å². The molecule has 2 rings (SSSR count). The summed E-state index contributed by atoms with van der Waals surface area (Å²) in [5.74, 6) is -0.629. The molecule has 0 bridgehead atoms. The summed E-state index contributed by atoms with van der Waals surface area (Å²) in [6.45, 7) is 7.37. The Morgan fingerprint density at radius 1 is 1.00 bits per heavy atom. The van der Waals surface area contributed by atoms with Crippen LogP contribution in [-0.2, 0) is 15.7 Å². The molecule has 0 saturated carbocycles. The molecule has 0 atom stereocenters. The number of ether oxygens (including phenoxy) is 1. The lowest BCUT2D eigenvalue weighted by Gasteiger charge is -2.34. The molecule has 26 heavy (non-hydrogen) atoms. The van der Waals surface area contributed by atoms with E-state index in [1.54, 1.807) is 25.7 Å². The monoisotopic (exact) mass is 372 g/mol. The molecule has 1 saturated heterocycles. The van der Waals surface area contributed by atoms with E-state index in [2.05, 4.69) is 0 Å². The molecular formula is C18H23F3N2O3. The second-order valence-corrected chi connectivity index (χ2v) is 7.23. The SMILES string of the molecule is CC(C)(C)OC(=O)CN1CCN(C(=O)c2ccc(C(F)(F)F)cc2)CC1. The van der Waals surface area contributed by atoms with E-state index in [1.807, 2.05) is 4.90 Å². The van der Waals surface area contributed by atoms with Crippen LogP contribution in [0.4, 0.5) is 13.2 Å². The molecule has 0 radical (unpaired) electrons. The average Bonchev–Trinajstić information content (AvgIpc) is 2.52. The van der Waals surface area contributed by atoms with Crippen LogP contribution < -0.4 is 0 Å². The molecule has 144 valence electrons. The molecule has 1 aliphatic heterocycles. The second-order valence-electron chi connectivity index (χ2n) is 7.23. The van der Waals surface area contributed by atoms with Crippen LogP contribution in [0.2, 0.25) is 0 Å². The van der Waals surface area contributed by atoms with Gasteiger partial charge in [-0.05, 0) is 45.0 Å². The van der Waals surface area contributed by atoms with E-state index in [0.29, 0.717) is 26.2 Å². The minimum Gasteiger partial charge on any atom is -0.459 e. The molecular weight excluding hydrogens is 349 g/mol. The van der Waals surface area contributed by atoms with Crippen LogP contribution in [0.25, 0.3) is 0 Å². The Labute approximate surface area is 150 Å². The zero-order valence-corrected chi connectivity index (χ0v) is 15.1. The van der Waals surface area contributed by atoms with E-state index >= 15 is 0 Å². The zero-order valence-electron chi connectivity index (χ0n) is 15.1. The molecule has 1 fully saturated rings. The summed E-state index contributed by atoms with van der Waals surface area (Å²) in [7, 11) is 0. The molecule has 1 aromatic rings. The summed E-state index contributed by atoms with van der Waals surface area (Å²) >= 11 is 0. The minimum atomic E-state index is -4.42. The molecule has 1 aliphatic rings. The van der Waals surface area contributed by atoms with Gasteiger partial charge in [0.2, 0.25) is 0 Å². The van der Waals surface area contributed by atoms with Gasteiger partial charge in [-0.3, -0.25) is 14.5 Å². The number of piperazine rings is 1. The molecule has 8 heteroatoms. The van der Waals surface area contributed by atoms with Crippen molar-refractivity contribution in [1.82, 2.24) is 9.80 Å². The van der Waals surface area contributed by atoms with E-state index in [1.165, 1.54) is 12.1 Å². The highest BCUT2D eigenvalue weighted by atomic mass is 19.4. The summed E-state index contributed by atoms with van der Waals surface area (Å²) in [5, 5.41) is 0. The summed E-state index contributed by atoms with van der Waals surface area (Å²) in [4.78, 5) is 27.7. The normalized spacial score (nSPS) is 16.5. The number of alkyl halides is 3. The van der Waals surface area contributed by atoms with E-state index < -0.39 is 17.3 Å². The predicted molar refractivity (Wildman–Crippen MR) is 89.6 cm³/mol. The van der Waals surface area contributed by atoms with Crippen molar-refractivity contribution in [3.63, 3.8) is 0 Å². The van der Waals surface area contributed by atoms with Crippen LogP contribution in [0.1, 0.15) is 36.7 Å². The standard InChI is InChI=1S/C18H23F3N2O3/c1-17(2,3)26-15(24)12-22-8-10-23(11-9-22)16(25)13-4-6-14(7-5-13)18(19,20)21/h4-7H,8-12H2,1-3H3. The van der Waals surface area contributed by atoms with Gasteiger partial charge in [0.1, 0.15) is 5.60 Å². The Kier molecular flexibility index (Phi) is 5.95. The van der Waals surface area contributed by atoms with Crippen molar-refractivity contribution in [2.75, 3.05) is 32.7 Å². The highest BCUT2D eigenvalue weighted by Gasteiger charge is 2.31. The third kappa shape index (κ3) is 5.72. The first kappa shape index (κ1) is 20.2. The maximum Gasteiger partial charge on any atom is 0.416 e. The summed E-state index contributed by atoms with van der Waals surface area (Å²) in [5.41, 5.74) is -1.10. The van der Waals surface area contributed by atoms with Crippen molar-refractivity contribution < 1.29 is 27.5 Å². The van der Waals surface area contributed by atoms with Crippen LogP contribution in [0, 0.1) is 0 Å². The molecule has 1 heterocycles. The fourth-order valence-electron chi connectivity index (χ4n) is 2.65. The maximum atomic E-state index is 12.6. The number of benzene rings is 1. The number of carbonyl (C=O) groups excluding carboxylic acids is 2. The average molecular weight is 372 g/mol. The van der Waals surface area contributed by atoms with E-state index in [4.69, 9.17) is 4.74 Å². The smallest absolute Gasteiger partial charge is 0.416 e. The number of amides is 1. The number of rotatable bonds is 3. The molecule has 1 aromatic carbocycles. The number of nitrogens with zero attached hydrogens (tertiary/aromatic N) is 2. The fraction of sp³-hybridized carbons (Fsp3) is 0.556. The Bertz CT molecular complexity index is 643. The molecule has 0 spiro atoms. The Hall–Kier alpha value is -2.09. The van der Waals surface area contributed by atoms with Crippen molar-refractivity contribution in [2.24, 2.45) is 0 Å². The van der Waals surface area contributed by atoms with Crippen LogP contribution in [0.15, 0.2) is 24.3 Å². The highest BCUT2D eigenvalue weighted by molar-refractivity contribution is 5.94. The van der Waals surface area contributed by atoms with Gasteiger partial charge in [0.25, 0.3) is 5.91 Å². The van der Waals surface area contributed by atoms with Gasteiger partial charge in [-0.25, -0.2) is 0 Å². The molecule has 0 unspecified atom stereocenters. The summed E-state index contributed by atoms with van der Waals surface area (Å²) in [6, 6.07) is 4.20. The number of hydrogen-bond acceptors (Lipinski definition) is 4. The van der Waals surface area contributed by atoms with Gasteiger partial charge in [0.15, 0.2) is 0 Å². The summed E-state index contributed by atoms with van der Waals surface area (Å²) < 4.78 is 43.0. The lowest BCUT2D eigenvalue weighted by molar-refractivity contribution is -0.156. The van der Waals surface area contributed by atoms with Crippen LogP contribution in [0.5, 0.6) is 0 Å². The molecule has 1 amide bonds. The third-order valence-corrected chi connectivity index (χ3v) is 3.89. The first-order valence-corrected chi connectivity index (χ1v) is 8.36. The molecule has 0 N–H and O–H groups in total. The number of carbonyl (C=O) groups is 2. The predicted octanol–water partition coefficient (Wildman–Crippen LogP) is 2.80. The van der Waals surface area contributed by atoms with Crippen molar-refractivity contribution in [3.05, 3.63) is 35.4 Å². The van der Waals surface area contributed by atoms with Crippen molar-refractivity contribution in [2.45, 2.75) is 32.5 Å². The zero-order chi connectivity index (χ0) is 19.5. The quantitative estimate of drug-likeness (QED) is 0.766. The van der Waals surface area contributed by atoms with Crippen molar-refractivity contribution >= 4 is 11.9 Å². The maximum absolute atomic E-state index is 12.6. The highest BCUT2D eigenvalue weighted by Crippen LogP contribution is 2.29. The summed E-state index contributed by atoms with van der Waals surface area (Å²) in [6.07, 6.45) is -4.42. The van der Waals surface area contributed by atoms with Crippen molar-refractivity contribution in [1.29, 1.82) is 0 Å². The van der Waals surface area contributed by atoms with E-state index in [9.17, 15) is 22.8 Å². The Balaban J connectivity index is 1.87. The van der Waals surface area contributed by atoms with E-state index in [-0.39, 0.29) is 24.0 Å².